The molecule has 0 bridgehead atoms. The standard InChI is InChI=1S/C28H40ClNO4/c1-2-3-4-5-6-7-8-9-10-11-12-13-14-22-19-23(29)15-18-27(22)34-21-28(33)30-25-20-24(31)16-17-26(25)32/h15-20,31-32H,2-14,21H2,1H3,(H,30,33). The minimum Gasteiger partial charge on any atom is -0.508 e. The van der Waals surface area contributed by atoms with E-state index in [2.05, 4.69) is 12.2 Å². The highest BCUT2D eigenvalue weighted by Crippen LogP contribution is 2.28. The van der Waals surface area contributed by atoms with Crippen molar-refractivity contribution in [2.75, 3.05) is 11.9 Å². The van der Waals surface area contributed by atoms with Crippen molar-refractivity contribution in [3.63, 3.8) is 0 Å². The summed E-state index contributed by atoms with van der Waals surface area (Å²) in [6.07, 6.45) is 16.5. The molecule has 188 valence electrons. The highest BCUT2D eigenvalue weighted by atomic mass is 35.5. The Bertz CT molecular complexity index is 871. The SMILES string of the molecule is CCCCCCCCCCCCCCc1cc(Cl)ccc1OCC(=O)Nc1cc(O)ccc1O. The second-order valence-corrected chi connectivity index (χ2v) is 9.37. The van der Waals surface area contributed by atoms with Gasteiger partial charge in [0.05, 0.1) is 5.69 Å². The van der Waals surface area contributed by atoms with Crippen LogP contribution in [0, 0.1) is 0 Å². The summed E-state index contributed by atoms with van der Waals surface area (Å²) in [5.41, 5.74) is 1.13. The molecule has 2 aromatic rings. The van der Waals surface area contributed by atoms with Crippen molar-refractivity contribution in [3.8, 4) is 17.2 Å². The molecule has 5 nitrogen and oxygen atoms in total. The van der Waals surface area contributed by atoms with Crippen LogP contribution < -0.4 is 10.1 Å². The molecule has 0 fully saturated rings. The Labute approximate surface area is 209 Å². The van der Waals surface area contributed by atoms with Crippen molar-refractivity contribution >= 4 is 23.2 Å². The first-order valence-corrected chi connectivity index (χ1v) is 13.1. The first-order chi connectivity index (χ1) is 16.5. The van der Waals surface area contributed by atoms with E-state index in [-0.39, 0.29) is 23.8 Å². The molecule has 0 saturated carbocycles. The number of carbonyl (C=O) groups excluding carboxylic acids is 1. The van der Waals surface area contributed by atoms with Crippen molar-refractivity contribution in [1.82, 2.24) is 0 Å². The van der Waals surface area contributed by atoms with Gasteiger partial charge in [-0.2, -0.15) is 0 Å². The number of benzene rings is 2. The monoisotopic (exact) mass is 489 g/mol. The number of aryl methyl sites for hydroxylation is 1. The Morgan fingerprint density at radius 3 is 2.12 bits per heavy atom. The van der Waals surface area contributed by atoms with Crippen molar-refractivity contribution in [3.05, 3.63) is 47.0 Å². The van der Waals surface area contributed by atoms with Crippen LogP contribution in [0.3, 0.4) is 0 Å². The van der Waals surface area contributed by atoms with Crippen LogP contribution in [-0.4, -0.2) is 22.7 Å². The molecule has 2 aromatic carbocycles. The average molecular weight is 490 g/mol. The third-order valence-electron chi connectivity index (χ3n) is 5.94. The van der Waals surface area contributed by atoms with E-state index in [0.29, 0.717) is 10.8 Å². The molecule has 0 saturated heterocycles. The Morgan fingerprint density at radius 1 is 0.853 bits per heavy atom. The number of amides is 1. The molecule has 1 amide bonds. The number of nitrogens with one attached hydrogen (secondary N) is 1. The van der Waals surface area contributed by atoms with E-state index in [9.17, 15) is 15.0 Å². The van der Waals surface area contributed by atoms with E-state index in [1.807, 2.05) is 6.07 Å². The van der Waals surface area contributed by atoms with Crippen molar-refractivity contribution in [1.29, 1.82) is 0 Å². The summed E-state index contributed by atoms with van der Waals surface area (Å²) in [5, 5.41) is 22.5. The zero-order valence-corrected chi connectivity index (χ0v) is 21.2. The largest absolute Gasteiger partial charge is 0.508 e. The third-order valence-corrected chi connectivity index (χ3v) is 6.17. The van der Waals surface area contributed by atoms with Gasteiger partial charge in [-0.1, -0.05) is 89.2 Å². The van der Waals surface area contributed by atoms with Gasteiger partial charge >= 0.3 is 0 Å². The van der Waals surface area contributed by atoms with Gasteiger partial charge in [0.1, 0.15) is 17.2 Å². The zero-order chi connectivity index (χ0) is 24.6. The lowest BCUT2D eigenvalue weighted by Crippen LogP contribution is -2.20. The summed E-state index contributed by atoms with van der Waals surface area (Å²) < 4.78 is 5.74. The Balaban J connectivity index is 1.67. The first kappa shape index (κ1) is 27.8. The molecule has 0 aliphatic carbocycles. The van der Waals surface area contributed by atoms with Gasteiger partial charge in [-0.3, -0.25) is 4.79 Å². The van der Waals surface area contributed by atoms with Crippen LogP contribution in [0.4, 0.5) is 5.69 Å². The van der Waals surface area contributed by atoms with Crippen LogP contribution in [0.1, 0.15) is 89.5 Å². The maximum Gasteiger partial charge on any atom is 0.262 e. The molecule has 0 spiro atoms. The molecule has 0 aliphatic heterocycles. The average Bonchev–Trinajstić information content (AvgIpc) is 2.81. The fourth-order valence-corrected chi connectivity index (χ4v) is 4.19. The molecule has 0 radical (unpaired) electrons. The quantitative estimate of drug-likeness (QED) is 0.119. The van der Waals surface area contributed by atoms with Crippen molar-refractivity contribution < 1.29 is 19.7 Å². The van der Waals surface area contributed by atoms with Crippen LogP contribution in [0.2, 0.25) is 5.02 Å². The number of aromatic hydroxyl groups is 2. The second kappa shape index (κ2) is 16.3. The summed E-state index contributed by atoms with van der Waals surface area (Å²) in [6.45, 7) is 2.05. The maximum absolute atomic E-state index is 12.2. The second-order valence-electron chi connectivity index (χ2n) is 8.93. The number of unbranched alkanes of at least 4 members (excludes halogenated alkanes) is 11. The number of rotatable bonds is 17. The van der Waals surface area contributed by atoms with Gasteiger partial charge in [0, 0.05) is 11.1 Å². The predicted octanol–water partition coefficient (Wildman–Crippen LogP) is 8.01. The molecule has 34 heavy (non-hydrogen) atoms. The molecule has 6 heteroatoms. The number of anilines is 1. The molecule has 0 atom stereocenters. The minimum atomic E-state index is -0.424. The summed E-state index contributed by atoms with van der Waals surface area (Å²) in [5.74, 6) is 0.0524. The van der Waals surface area contributed by atoms with Crippen LogP contribution in [0.15, 0.2) is 36.4 Å². The number of ether oxygens (including phenoxy) is 1. The van der Waals surface area contributed by atoms with Crippen LogP contribution in [0.25, 0.3) is 0 Å². The van der Waals surface area contributed by atoms with Gasteiger partial charge < -0.3 is 20.3 Å². The molecule has 0 heterocycles. The van der Waals surface area contributed by atoms with E-state index in [4.69, 9.17) is 16.3 Å². The molecule has 0 unspecified atom stereocenters. The van der Waals surface area contributed by atoms with E-state index in [0.717, 1.165) is 18.4 Å². The molecule has 0 aromatic heterocycles. The summed E-state index contributed by atoms with van der Waals surface area (Å²) in [4.78, 5) is 12.2. The van der Waals surface area contributed by atoms with Crippen LogP contribution in [0.5, 0.6) is 17.2 Å². The molecule has 0 aliphatic rings. The lowest BCUT2D eigenvalue weighted by Gasteiger charge is -2.13. The summed E-state index contributed by atoms with van der Waals surface area (Å²) in [6, 6.07) is 9.39. The Kier molecular flexibility index (Phi) is 13.3. The fraction of sp³-hybridized carbons (Fsp3) is 0.536. The number of phenols is 2. The lowest BCUT2D eigenvalue weighted by atomic mass is 10.0. The Hall–Kier alpha value is -2.40. The topological polar surface area (TPSA) is 78.8 Å². The third kappa shape index (κ3) is 11.1. The number of hydrogen-bond donors (Lipinski definition) is 3. The van der Waals surface area contributed by atoms with Gasteiger partial charge in [-0.05, 0) is 48.7 Å². The van der Waals surface area contributed by atoms with Gasteiger partial charge in [-0.15, -0.1) is 0 Å². The molecular weight excluding hydrogens is 450 g/mol. The Morgan fingerprint density at radius 2 is 1.47 bits per heavy atom. The molecular formula is C28H40ClNO4. The van der Waals surface area contributed by atoms with Crippen LogP contribution >= 0.6 is 11.6 Å². The number of carbonyl (C=O) groups is 1. The van der Waals surface area contributed by atoms with E-state index in [1.54, 1.807) is 12.1 Å². The molecule has 2 rings (SSSR count). The van der Waals surface area contributed by atoms with Gasteiger partial charge in [0.2, 0.25) is 0 Å². The smallest absolute Gasteiger partial charge is 0.262 e. The van der Waals surface area contributed by atoms with Crippen LogP contribution in [-0.2, 0) is 11.2 Å². The van der Waals surface area contributed by atoms with E-state index in [1.165, 1.54) is 88.8 Å². The van der Waals surface area contributed by atoms with Gasteiger partial charge in [-0.25, -0.2) is 0 Å². The summed E-state index contributed by atoms with van der Waals surface area (Å²) in [7, 11) is 0. The van der Waals surface area contributed by atoms with Crippen molar-refractivity contribution in [2.24, 2.45) is 0 Å². The van der Waals surface area contributed by atoms with Gasteiger partial charge in [0.15, 0.2) is 6.61 Å². The maximum atomic E-state index is 12.2. The molecule has 3 N–H and O–H groups in total. The normalized spacial score (nSPS) is 10.9. The number of halogens is 1. The number of phenolic OH excluding ortho intramolecular Hbond substituents is 2. The van der Waals surface area contributed by atoms with E-state index < -0.39 is 5.91 Å². The zero-order valence-electron chi connectivity index (χ0n) is 20.5. The predicted molar refractivity (Wildman–Crippen MR) is 140 cm³/mol. The first-order valence-electron chi connectivity index (χ1n) is 12.7. The highest BCUT2D eigenvalue weighted by Gasteiger charge is 2.11. The minimum absolute atomic E-state index is 0.0450. The highest BCUT2D eigenvalue weighted by molar-refractivity contribution is 6.30. The number of hydrogen-bond acceptors (Lipinski definition) is 4. The summed E-state index contributed by atoms with van der Waals surface area (Å²) >= 11 is 6.18. The lowest BCUT2D eigenvalue weighted by molar-refractivity contribution is -0.118. The van der Waals surface area contributed by atoms with Gasteiger partial charge in [0.25, 0.3) is 5.91 Å². The van der Waals surface area contributed by atoms with E-state index >= 15 is 0 Å². The fourth-order valence-electron chi connectivity index (χ4n) is 3.99. The van der Waals surface area contributed by atoms with Crippen molar-refractivity contribution in [2.45, 2.75) is 90.4 Å².